The smallest absolute Gasteiger partial charge is 0.423 e. The first-order valence-corrected chi connectivity index (χ1v) is 8.41. The van der Waals surface area contributed by atoms with Crippen LogP contribution in [0.2, 0.25) is 5.02 Å². The van der Waals surface area contributed by atoms with Crippen molar-refractivity contribution >= 4 is 17.5 Å². The molecule has 2 aromatic rings. The van der Waals surface area contributed by atoms with E-state index in [4.69, 9.17) is 16.3 Å². The van der Waals surface area contributed by atoms with Gasteiger partial charge in [0.05, 0.1) is 6.54 Å². The highest BCUT2D eigenvalue weighted by atomic mass is 35.5. The molecule has 0 aliphatic carbocycles. The van der Waals surface area contributed by atoms with Crippen LogP contribution in [0.4, 0.5) is 13.2 Å². The maximum absolute atomic E-state index is 13.5. The van der Waals surface area contributed by atoms with Gasteiger partial charge < -0.3 is 15.2 Å². The molecule has 0 aliphatic rings. The van der Waals surface area contributed by atoms with E-state index in [9.17, 15) is 23.1 Å². The van der Waals surface area contributed by atoms with E-state index in [0.29, 0.717) is 10.8 Å². The molecular formula is C19H19ClF3NO3. The van der Waals surface area contributed by atoms with Crippen LogP contribution in [0.3, 0.4) is 0 Å². The average molecular weight is 402 g/mol. The Labute approximate surface area is 159 Å². The fraction of sp³-hybridized carbons (Fsp3) is 0.316. The van der Waals surface area contributed by atoms with Crippen LogP contribution in [-0.4, -0.2) is 29.3 Å². The molecule has 1 atom stereocenters. The molecule has 4 nitrogen and oxygen atoms in total. The number of amides is 1. The largest absolute Gasteiger partial charge is 0.478 e. The summed E-state index contributed by atoms with van der Waals surface area (Å²) in [6.07, 6.45) is -4.98. The number of aliphatic hydroxyl groups is 1. The summed E-state index contributed by atoms with van der Waals surface area (Å²) in [4.78, 5) is 12.4. The highest BCUT2D eigenvalue weighted by Gasteiger charge is 2.55. The molecule has 8 heteroatoms. The monoisotopic (exact) mass is 401 g/mol. The Kier molecular flexibility index (Phi) is 6.07. The lowest BCUT2D eigenvalue weighted by atomic mass is 9.92. The third-order valence-electron chi connectivity index (χ3n) is 3.96. The topological polar surface area (TPSA) is 58.6 Å². The van der Waals surface area contributed by atoms with E-state index in [2.05, 4.69) is 5.32 Å². The maximum Gasteiger partial charge on any atom is 0.423 e. The molecule has 146 valence electrons. The van der Waals surface area contributed by atoms with Crippen LogP contribution in [0.1, 0.15) is 19.4 Å². The van der Waals surface area contributed by atoms with Gasteiger partial charge in [0.15, 0.2) is 5.60 Å². The minimum Gasteiger partial charge on any atom is -0.478 e. The summed E-state index contributed by atoms with van der Waals surface area (Å²) in [7, 11) is 0. The van der Waals surface area contributed by atoms with Crippen molar-refractivity contribution < 1.29 is 27.8 Å². The van der Waals surface area contributed by atoms with Crippen molar-refractivity contribution in [2.45, 2.75) is 31.2 Å². The molecule has 0 bridgehead atoms. The Morgan fingerprint density at radius 2 is 1.63 bits per heavy atom. The first-order valence-electron chi connectivity index (χ1n) is 8.03. The van der Waals surface area contributed by atoms with Gasteiger partial charge >= 0.3 is 6.18 Å². The number of nitrogens with one attached hydrogen (secondary N) is 1. The minimum atomic E-state index is -4.98. The van der Waals surface area contributed by atoms with E-state index < -0.39 is 29.8 Å². The van der Waals surface area contributed by atoms with Crippen molar-refractivity contribution in [1.82, 2.24) is 5.32 Å². The van der Waals surface area contributed by atoms with Crippen molar-refractivity contribution in [1.29, 1.82) is 0 Å². The number of halogens is 4. The fourth-order valence-corrected chi connectivity index (χ4v) is 2.47. The van der Waals surface area contributed by atoms with E-state index in [1.54, 1.807) is 12.1 Å². The molecule has 0 unspecified atom stereocenters. The predicted octanol–water partition coefficient (Wildman–Crippen LogP) is 4.06. The molecule has 0 saturated heterocycles. The summed E-state index contributed by atoms with van der Waals surface area (Å²) in [5, 5.41) is 12.9. The normalized spacial score (nSPS) is 14.3. The van der Waals surface area contributed by atoms with Gasteiger partial charge in [-0.3, -0.25) is 4.79 Å². The highest BCUT2D eigenvalue weighted by molar-refractivity contribution is 6.30. The number of alkyl halides is 3. The van der Waals surface area contributed by atoms with Crippen LogP contribution in [0.5, 0.6) is 5.75 Å². The Morgan fingerprint density at radius 3 is 2.15 bits per heavy atom. The number of carbonyl (C=O) groups excluding carboxylic acids is 1. The number of hydrogen-bond donors (Lipinski definition) is 2. The van der Waals surface area contributed by atoms with Gasteiger partial charge in [0.1, 0.15) is 5.75 Å². The molecular weight excluding hydrogens is 383 g/mol. The van der Waals surface area contributed by atoms with Crippen molar-refractivity contribution in [3.05, 3.63) is 65.2 Å². The van der Waals surface area contributed by atoms with Gasteiger partial charge in [-0.1, -0.05) is 41.9 Å². The molecule has 2 N–H and O–H groups in total. The zero-order chi connectivity index (χ0) is 20.3. The Bertz CT molecular complexity index is 779. The summed E-state index contributed by atoms with van der Waals surface area (Å²) in [5.74, 6) is -0.482. The second-order valence-electron chi connectivity index (χ2n) is 6.47. The molecule has 0 aliphatic heterocycles. The molecule has 1 amide bonds. The standard InChI is InChI=1S/C19H19ClF3NO3/c1-17(2,27-15-10-8-14(20)9-11-15)16(25)24-12-18(26,19(21,22)23)13-6-4-3-5-7-13/h3-11,26H,12H2,1-2H3,(H,24,25)/t18-/m0/s1. The summed E-state index contributed by atoms with van der Waals surface area (Å²) >= 11 is 5.78. The minimum absolute atomic E-state index is 0.327. The quantitative estimate of drug-likeness (QED) is 0.767. The van der Waals surface area contributed by atoms with Crippen molar-refractivity contribution in [3.8, 4) is 5.75 Å². The Balaban J connectivity index is 2.14. The van der Waals surface area contributed by atoms with Crippen molar-refractivity contribution in [2.75, 3.05) is 6.54 Å². The van der Waals surface area contributed by atoms with Gasteiger partial charge in [-0.15, -0.1) is 0 Å². The first-order chi connectivity index (χ1) is 12.5. The van der Waals surface area contributed by atoms with Crippen molar-refractivity contribution in [3.63, 3.8) is 0 Å². The van der Waals surface area contributed by atoms with Crippen LogP contribution in [0, 0.1) is 0 Å². The van der Waals surface area contributed by atoms with Gasteiger partial charge in [-0.2, -0.15) is 13.2 Å². The second kappa shape index (κ2) is 7.78. The van der Waals surface area contributed by atoms with Gasteiger partial charge in [0, 0.05) is 5.02 Å². The third-order valence-corrected chi connectivity index (χ3v) is 4.21. The van der Waals surface area contributed by atoms with Crippen LogP contribution in [0.15, 0.2) is 54.6 Å². The van der Waals surface area contributed by atoms with Crippen LogP contribution in [0.25, 0.3) is 0 Å². The van der Waals surface area contributed by atoms with Crippen LogP contribution >= 0.6 is 11.6 Å². The average Bonchev–Trinajstić information content (AvgIpc) is 2.61. The van der Waals surface area contributed by atoms with Crippen molar-refractivity contribution in [2.24, 2.45) is 0 Å². The maximum atomic E-state index is 13.5. The van der Waals surface area contributed by atoms with E-state index in [1.165, 1.54) is 44.2 Å². The molecule has 0 spiro atoms. The Hall–Kier alpha value is -2.25. The number of ether oxygens (including phenoxy) is 1. The van der Waals surface area contributed by atoms with Crippen LogP contribution in [-0.2, 0) is 10.4 Å². The molecule has 27 heavy (non-hydrogen) atoms. The van der Waals surface area contributed by atoms with Crippen LogP contribution < -0.4 is 10.1 Å². The molecule has 2 rings (SSSR count). The summed E-state index contributed by atoms with van der Waals surface area (Å²) in [6, 6.07) is 12.8. The summed E-state index contributed by atoms with van der Waals surface area (Å²) < 4.78 is 46.0. The Morgan fingerprint density at radius 1 is 1.07 bits per heavy atom. The highest BCUT2D eigenvalue weighted by Crippen LogP contribution is 2.38. The number of benzene rings is 2. The molecule has 2 aromatic carbocycles. The van der Waals surface area contributed by atoms with E-state index in [1.807, 2.05) is 0 Å². The molecule has 0 radical (unpaired) electrons. The molecule has 0 aromatic heterocycles. The van der Waals surface area contributed by atoms with Gasteiger partial charge in [-0.25, -0.2) is 0 Å². The SMILES string of the molecule is CC(C)(Oc1ccc(Cl)cc1)C(=O)NC[C@](O)(c1ccccc1)C(F)(F)F. The second-order valence-corrected chi connectivity index (χ2v) is 6.91. The number of rotatable bonds is 6. The first kappa shape index (κ1) is 21.1. The van der Waals surface area contributed by atoms with E-state index in [0.717, 1.165) is 12.1 Å². The molecule has 0 saturated carbocycles. The molecule has 0 heterocycles. The molecule has 0 fully saturated rings. The van der Waals surface area contributed by atoms with Gasteiger partial charge in [0.25, 0.3) is 5.91 Å². The fourth-order valence-electron chi connectivity index (χ4n) is 2.34. The van der Waals surface area contributed by atoms with E-state index in [-0.39, 0.29) is 5.56 Å². The summed E-state index contributed by atoms with van der Waals surface area (Å²) in [6.45, 7) is 1.77. The zero-order valence-electron chi connectivity index (χ0n) is 14.7. The van der Waals surface area contributed by atoms with Gasteiger partial charge in [0.2, 0.25) is 5.60 Å². The lowest BCUT2D eigenvalue weighted by Gasteiger charge is -2.33. The van der Waals surface area contributed by atoms with Gasteiger partial charge in [-0.05, 0) is 43.7 Å². The third kappa shape index (κ3) is 4.93. The number of hydrogen-bond acceptors (Lipinski definition) is 3. The lowest BCUT2D eigenvalue weighted by molar-refractivity contribution is -0.264. The zero-order valence-corrected chi connectivity index (χ0v) is 15.4. The number of carbonyl (C=O) groups is 1. The lowest BCUT2D eigenvalue weighted by Crippen LogP contribution is -2.55. The van der Waals surface area contributed by atoms with E-state index >= 15 is 0 Å². The predicted molar refractivity (Wildman–Crippen MR) is 95.6 cm³/mol. The summed E-state index contributed by atoms with van der Waals surface area (Å²) in [5.41, 5.74) is -5.06.